The van der Waals surface area contributed by atoms with Gasteiger partial charge in [-0.25, -0.2) is 0 Å². The van der Waals surface area contributed by atoms with Gasteiger partial charge in [0.05, 0.1) is 13.5 Å². The fourth-order valence-electron chi connectivity index (χ4n) is 1.62. The van der Waals surface area contributed by atoms with Crippen molar-refractivity contribution in [1.29, 1.82) is 0 Å². The molecule has 0 atom stereocenters. The molecule has 0 aliphatic heterocycles. The molecule has 92 valence electrons. The number of para-hydroxylation sites is 1. The lowest BCUT2D eigenvalue weighted by Crippen LogP contribution is -2.31. The maximum absolute atomic E-state index is 11.6. The van der Waals surface area contributed by atoms with Crippen LogP contribution in [0.3, 0.4) is 0 Å². The van der Waals surface area contributed by atoms with Crippen LogP contribution in [0.4, 0.5) is 5.69 Å². The average molecular weight is 235 g/mol. The number of benzene rings is 1. The number of aryl methyl sites for hydroxylation is 1. The van der Waals surface area contributed by atoms with E-state index in [1.54, 1.807) is 4.90 Å². The van der Waals surface area contributed by atoms with E-state index < -0.39 is 0 Å². The number of esters is 1. The van der Waals surface area contributed by atoms with E-state index in [4.69, 9.17) is 0 Å². The first-order valence-electron chi connectivity index (χ1n) is 5.46. The van der Waals surface area contributed by atoms with Crippen molar-refractivity contribution in [1.82, 2.24) is 0 Å². The Morgan fingerprint density at radius 2 is 1.94 bits per heavy atom. The Balaban J connectivity index is 2.83. The Kier molecular flexibility index (Phi) is 4.69. The van der Waals surface area contributed by atoms with E-state index in [0.717, 1.165) is 11.3 Å². The maximum atomic E-state index is 11.6. The largest absolute Gasteiger partial charge is 0.469 e. The zero-order valence-electron chi connectivity index (χ0n) is 10.4. The zero-order valence-corrected chi connectivity index (χ0v) is 10.4. The summed E-state index contributed by atoms with van der Waals surface area (Å²) in [6, 6.07) is 7.59. The van der Waals surface area contributed by atoms with Gasteiger partial charge in [0.25, 0.3) is 0 Å². The second kappa shape index (κ2) is 6.03. The van der Waals surface area contributed by atoms with Gasteiger partial charge in [0.1, 0.15) is 0 Å². The minimum Gasteiger partial charge on any atom is -0.469 e. The summed E-state index contributed by atoms with van der Waals surface area (Å²) in [5, 5.41) is 0. The van der Waals surface area contributed by atoms with Crippen molar-refractivity contribution < 1.29 is 14.3 Å². The van der Waals surface area contributed by atoms with Crippen molar-refractivity contribution in [3.8, 4) is 0 Å². The van der Waals surface area contributed by atoms with E-state index in [-0.39, 0.29) is 18.3 Å². The summed E-state index contributed by atoms with van der Waals surface area (Å²) in [4.78, 5) is 24.3. The number of amides is 1. The van der Waals surface area contributed by atoms with Crippen LogP contribution < -0.4 is 4.90 Å². The maximum Gasteiger partial charge on any atom is 0.307 e. The first kappa shape index (κ1) is 13.2. The number of methoxy groups -OCH3 is 1. The molecule has 0 N–H and O–H groups in total. The number of hydrogen-bond acceptors (Lipinski definition) is 3. The molecule has 1 amide bonds. The Morgan fingerprint density at radius 3 is 2.47 bits per heavy atom. The Morgan fingerprint density at radius 1 is 1.29 bits per heavy atom. The third-order valence-corrected chi connectivity index (χ3v) is 2.55. The van der Waals surface area contributed by atoms with E-state index in [2.05, 4.69) is 4.74 Å². The summed E-state index contributed by atoms with van der Waals surface area (Å²) in [5.41, 5.74) is 1.84. The van der Waals surface area contributed by atoms with Gasteiger partial charge in [-0.3, -0.25) is 9.59 Å². The highest BCUT2D eigenvalue weighted by Gasteiger charge is 2.14. The van der Waals surface area contributed by atoms with Gasteiger partial charge in [-0.1, -0.05) is 18.2 Å². The van der Waals surface area contributed by atoms with Gasteiger partial charge in [0.15, 0.2) is 0 Å². The summed E-state index contributed by atoms with van der Waals surface area (Å²) < 4.78 is 4.57. The van der Waals surface area contributed by atoms with Crippen LogP contribution in [0.15, 0.2) is 24.3 Å². The van der Waals surface area contributed by atoms with E-state index >= 15 is 0 Å². The molecule has 0 aliphatic carbocycles. The summed E-state index contributed by atoms with van der Waals surface area (Å²) >= 11 is 0. The van der Waals surface area contributed by atoms with E-state index in [1.807, 2.05) is 31.2 Å². The number of rotatable bonds is 4. The van der Waals surface area contributed by atoms with Crippen LogP contribution in [-0.2, 0) is 14.3 Å². The molecular weight excluding hydrogens is 218 g/mol. The number of nitrogens with zero attached hydrogens (tertiary/aromatic N) is 1. The molecule has 0 aromatic heterocycles. The van der Waals surface area contributed by atoms with Gasteiger partial charge >= 0.3 is 5.97 Å². The predicted molar refractivity (Wildman–Crippen MR) is 65.8 cm³/mol. The van der Waals surface area contributed by atoms with Crippen LogP contribution in [0.2, 0.25) is 0 Å². The Bertz CT molecular complexity index is 415. The van der Waals surface area contributed by atoms with Gasteiger partial charge < -0.3 is 9.64 Å². The highest BCUT2D eigenvalue weighted by Crippen LogP contribution is 2.19. The topological polar surface area (TPSA) is 46.6 Å². The number of ether oxygens (including phenoxy) is 1. The number of carbonyl (C=O) groups excluding carboxylic acids is 2. The van der Waals surface area contributed by atoms with Crippen LogP contribution in [0, 0.1) is 6.92 Å². The second-order valence-corrected chi connectivity index (χ2v) is 3.78. The van der Waals surface area contributed by atoms with Crippen LogP contribution >= 0.6 is 0 Å². The molecular formula is C13H17NO3. The number of carbonyl (C=O) groups is 2. The highest BCUT2D eigenvalue weighted by molar-refractivity contribution is 5.92. The smallest absolute Gasteiger partial charge is 0.307 e. The summed E-state index contributed by atoms with van der Waals surface area (Å²) in [6.45, 7) is 3.76. The summed E-state index contributed by atoms with van der Waals surface area (Å²) in [6.07, 6.45) is 0.199. The minimum atomic E-state index is -0.315. The lowest BCUT2D eigenvalue weighted by Gasteiger charge is -2.22. The highest BCUT2D eigenvalue weighted by atomic mass is 16.5. The van der Waals surface area contributed by atoms with Crippen molar-refractivity contribution in [3.05, 3.63) is 29.8 Å². The summed E-state index contributed by atoms with van der Waals surface area (Å²) in [5.74, 6) is -0.395. The summed E-state index contributed by atoms with van der Waals surface area (Å²) in [7, 11) is 1.34. The first-order chi connectivity index (χ1) is 8.06. The molecule has 17 heavy (non-hydrogen) atoms. The lowest BCUT2D eigenvalue weighted by atomic mass is 10.1. The normalized spacial score (nSPS) is 9.82. The fraction of sp³-hybridized carbons (Fsp3) is 0.385. The van der Waals surface area contributed by atoms with Crippen LogP contribution in [0.25, 0.3) is 0 Å². The molecule has 0 bridgehead atoms. The molecule has 0 radical (unpaired) electrons. The minimum absolute atomic E-state index is 0.0804. The van der Waals surface area contributed by atoms with Gasteiger partial charge in [0, 0.05) is 19.2 Å². The zero-order chi connectivity index (χ0) is 12.8. The molecule has 0 saturated heterocycles. The molecule has 0 aliphatic rings. The van der Waals surface area contributed by atoms with E-state index in [0.29, 0.717) is 6.54 Å². The molecule has 0 spiro atoms. The molecule has 1 rings (SSSR count). The standard InChI is InChI=1S/C13H17NO3/c1-10-6-4-5-7-12(10)14(11(2)15)9-8-13(16)17-3/h4-7H,8-9H2,1-3H3. The van der Waals surface area contributed by atoms with Crippen molar-refractivity contribution in [3.63, 3.8) is 0 Å². The molecule has 4 nitrogen and oxygen atoms in total. The first-order valence-corrected chi connectivity index (χ1v) is 5.46. The quantitative estimate of drug-likeness (QED) is 0.749. The van der Waals surface area contributed by atoms with Gasteiger partial charge in [0.2, 0.25) is 5.91 Å². The van der Waals surface area contributed by atoms with Crippen LogP contribution in [0.1, 0.15) is 18.9 Å². The lowest BCUT2D eigenvalue weighted by molar-refractivity contribution is -0.140. The number of hydrogen-bond donors (Lipinski definition) is 0. The van der Waals surface area contributed by atoms with Crippen molar-refractivity contribution in [2.45, 2.75) is 20.3 Å². The van der Waals surface area contributed by atoms with Crippen molar-refractivity contribution in [2.75, 3.05) is 18.6 Å². The van der Waals surface area contributed by atoms with Crippen LogP contribution in [0.5, 0.6) is 0 Å². The third-order valence-electron chi connectivity index (χ3n) is 2.55. The molecule has 1 aromatic carbocycles. The van der Waals surface area contributed by atoms with Gasteiger partial charge in [-0.2, -0.15) is 0 Å². The van der Waals surface area contributed by atoms with E-state index in [9.17, 15) is 9.59 Å². The molecule has 0 heterocycles. The molecule has 0 unspecified atom stereocenters. The Labute approximate surface area is 101 Å². The van der Waals surface area contributed by atoms with Gasteiger partial charge in [-0.05, 0) is 18.6 Å². The fourth-order valence-corrected chi connectivity index (χ4v) is 1.62. The third kappa shape index (κ3) is 3.59. The molecule has 1 aromatic rings. The predicted octanol–water partition coefficient (Wildman–Crippen LogP) is 1.91. The average Bonchev–Trinajstić information content (AvgIpc) is 2.30. The molecule has 0 fully saturated rings. The van der Waals surface area contributed by atoms with Gasteiger partial charge in [-0.15, -0.1) is 0 Å². The SMILES string of the molecule is COC(=O)CCN(C(C)=O)c1ccccc1C. The van der Waals surface area contributed by atoms with Crippen molar-refractivity contribution in [2.24, 2.45) is 0 Å². The van der Waals surface area contributed by atoms with Crippen molar-refractivity contribution >= 4 is 17.6 Å². The van der Waals surface area contributed by atoms with E-state index in [1.165, 1.54) is 14.0 Å². The molecule has 4 heteroatoms. The van der Waals surface area contributed by atoms with Crippen LogP contribution in [-0.4, -0.2) is 25.5 Å². The second-order valence-electron chi connectivity index (χ2n) is 3.78. The molecule has 0 saturated carbocycles. The Hall–Kier alpha value is -1.84. The number of anilines is 1. The monoisotopic (exact) mass is 235 g/mol.